The first-order valence-electron chi connectivity index (χ1n) is 7.70. The molecule has 0 atom stereocenters. The Bertz CT molecular complexity index is 761. The van der Waals surface area contributed by atoms with E-state index in [1.54, 1.807) is 0 Å². The number of carbonyl (C=O) groups is 1. The van der Waals surface area contributed by atoms with Crippen LogP contribution < -0.4 is 10.4 Å². The van der Waals surface area contributed by atoms with Gasteiger partial charge in [-0.1, -0.05) is 66.7 Å². The number of hydrazine groups is 1. The predicted octanol–water partition coefficient (Wildman–Crippen LogP) is 4.86. The zero-order valence-corrected chi connectivity index (χ0v) is 13.1. The fourth-order valence-corrected chi connectivity index (χ4v) is 2.22. The molecule has 0 saturated carbocycles. The van der Waals surface area contributed by atoms with E-state index in [9.17, 15) is 4.79 Å². The van der Waals surface area contributed by atoms with E-state index in [1.165, 1.54) is 5.01 Å². The summed E-state index contributed by atoms with van der Waals surface area (Å²) in [6.07, 6.45) is -0.464. The Morgan fingerprint density at radius 1 is 0.792 bits per heavy atom. The van der Waals surface area contributed by atoms with E-state index >= 15 is 0 Å². The van der Waals surface area contributed by atoms with E-state index in [-0.39, 0.29) is 6.61 Å². The molecule has 0 aliphatic heterocycles. The van der Waals surface area contributed by atoms with Gasteiger partial charge in [0.25, 0.3) is 0 Å². The molecule has 0 unspecified atom stereocenters. The van der Waals surface area contributed by atoms with Crippen LogP contribution in [0.25, 0.3) is 0 Å². The summed E-state index contributed by atoms with van der Waals surface area (Å²) < 4.78 is 5.44. The van der Waals surface area contributed by atoms with Gasteiger partial charge in [-0.25, -0.2) is 4.79 Å². The second-order valence-corrected chi connectivity index (χ2v) is 5.19. The molecule has 3 rings (SSSR count). The summed E-state index contributed by atoms with van der Waals surface area (Å²) in [7, 11) is 0. The molecule has 1 amide bonds. The minimum absolute atomic E-state index is 0.222. The monoisotopic (exact) mass is 318 g/mol. The average molecular weight is 318 g/mol. The second kappa shape index (κ2) is 7.83. The van der Waals surface area contributed by atoms with Crippen LogP contribution >= 0.6 is 0 Å². The van der Waals surface area contributed by atoms with Crippen molar-refractivity contribution < 1.29 is 9.53 Å². The number of nitrogens with zero attached hydrogens (tertiary/aromatic N) is 1. The topological polar surface area (TPSA) is 41.6 Å². The lowest BCUT2D eigenvalue weighted by Gasteiger charge is -2.23. The minimum atomic E-state index is -0.464. The van der Waals surface area contributed by atoms with E-state index < -0.39 is 6.09 Å². The van der Waals surface area contributed by atoms with Crippen molar-refractivity contribution in [3.05, 3.63) is 96.6 Å². The highest BCUT2D eigenvalue weighted by molar-refractivity contribution is 5.89. The maximum absolute atomic E-state index is 12.6. The van der Waals surface area contributed by atoms with Crippen molar-refractivity contribution in [2.75, 3.05) is 10.4 Å². The Morgan fingerprint density at radius 2 is 1.33 bits per heavy atom. The fourth-order valence-electron chi connectivity index (χ4n) is 2.22. The SMILES string of the molecule is O=C(OCc1ccccc1)N(Nc1ccccc1)c1ccccc1. The van der Waals surface area contributed by atoms with Gasteiger partial charge in [-0.3, -0.25) is 5.43 Å². The molecule has 24 heavy (non-hydrogen) atoms. The normalized spacial score (nSPS) is 10.0. The molecule has 0 heterocycles. The smallest absolute Gasteiger partial charge is 0.433 e. The first-order valence-corrected chi connectivity index (χ1v) is 7.70. The van der Waals surface area contributed by atoms with Gasteiger partial charge in [0.15, 0.2) is 0 Å². The summed E-state index contributed by atoms with van der Waals surface area (Å²) >= 11 is 0. The first kappa shape index (κ1) is 15.6. The van der Waals surface area contributed by atoms with Gasteiger partial charge >= 0.3 is 6.09 Å². The highest BCUT2D eigenvalue weighted by Crippen LogP contribution is 2.17. The Morgan fingerprint density at radius 3 is 1.96 bits per heavy atom. The van der Waals surface area contributed by atoms with E-state index in [2.05, 4.69) is 5.43 Å². The number of hydrogen-bond donors (Lipinski definition) is 1. The van der Waals surface area contributed by atoms with Crippen LogP contribution in [0, 0.1) is 0 Å². The van der Waals surface area contributed by atoms with E-state index in [0.29, 0.717) is 5.69 Å². The maximum atomic E-state index is 12.6. The number of para-hydroxylation sites is 2. The molecule has 0 aromatic heterocycles. The lowest BCUT2D eigenvalue weighted by molar-refractivity contribution is 0.148. The number of nitrogens with one attached hydrogen (secondary N) is 1. The molecule has 4 heteroatoms. The summed E-state index contributed by atoms with van der Waals surface area (Å²) in [5.74, 6) is 0. The van der Waals surface area contributed by atoms with Crippen LogP contribution in [0.4, 0.5) is 16.2 Å². The first-order chi connectivity index (χ1) is 11.8. The second-order valence-electron chi connectivity index (χ2n) is 5.19. The largest absolute Gasteiger partial charge is 0.443 e. The number of hydrogen-bond acceptors (Lipinski definition) is 3. The number of rotatable bonds is 5. The third-order valence-electron chi connectivity index (χ3n) is 3.42. The molecule has 3 aromatic rings. The Labute approximate surface area is 141 Å². The number of carbonyl (C=O) groups excluding carboxylic acids is 1. The van der Waals surface area contributed by atoms with Gasteiger partial charge in [0.2, 0.25) is 0 Å². The Balaban J connectivity index is 1.75. The molecule has 4 nitrogen and oxygen atoms in total. The fraction of sp³-hybridized carbons (Fsp3) is 0.0500. The molecule has 0 bridgehead atoms. The van der Waals surface area contributed by atoms with E-state index in [4.69, 9.17) is 4.74 Å². The van der Waals surface area contributed by atoms with Gasteiger partial charge < -0.3 is 4.74 Å². The van der Waals surface area contributed by atoms with E-state index in [0.717, 1.165) is 11.3 Å². The number of benzene rings is 3. The van der Waals surface area contributed by atoms with Crippen molar-refractivity contribution in [2.24, 2.45) is 0 Å². The highest BCUT2D eigenvalue weighted by atomic mass is 16.6. The van der Waals surface area contributed by atoms with Gasteiger partial charge in [-0.15, -0.1) is 0 Å². The van der Waals surface area contributed by atoms with Crippen molar-refractivity contribution >= 4 is 17.5 Å². The molecule has 0 radical (unpaired) electrons. The van der Waals surface area contributed by atoms with Crippen LogP contribution in [-0.4, -0.2) is 6.09 Å². The molecule has 120 valence electrons. The van der Waals surface area contributed by atoms with Crippen molar-refractivity contribution in [2.45, 2.75) is 6.61 Å². The van der Waals surface area contributed by atoms with Crippen LogP contribution in [0.2, 0.25) is 0 Å². The molecular formula is C20H18N2O2. The molecule has 1 N–H and O–H groups in total. The van der Waals surface area contributed by atoms with Crippen molar-refractivity contribution in [1.82, 2.24) is 0 Å². The summed E-state index contributed by atoms with van der Waals surface area (Å²) in [5.41, 5.74) is 5.54. The van der Waals surface area contributed by atoms with E-state index in [1.807, 2.05) is 91.0 Å². The van der Waals surface area contributed by atoms with Gasteiger partial charge in [0.05, 0.1) is 11.4 Å². The molecule has 0 aliphatic carbocycles. The summed E-state index contributed by atoms with van der Waals surface area (Å²) in [6.45, 7) is 0.222. The van der Waals surface area contributed by atoms with Gasteiger partial charge in [0, 0.05) is 0 Å². The Kier molecular flexibility index (Phi) is 5.10. The average Bonchev–Trinajstić information content (AvgIpc) is 2.66. The molecule has 0 fully saturated rings. The van der Waals surface area contributed by atoms with Crippen LogP contribution in [0.3, 0.4) is 0 Å². The summed E-state index contributed by atoms with van der Waals surface area (Å²) in [6, 6.07) is 28.5. The van der Waals surface area contributed by atoms with Crippen molar-refractivity contribution in [3.63, 3.8) is 0 Å². The van der Waals surface area contributed by atoms with Crippen LogP contribution in [-0.2, 0) is 11.3 Å². The number of amides is 1. The third-order valence-corrected chi connectivity index (χ3v) is 3.42. The third kappa shape index (κ3) is 4.14. The molecule has 0 saturated heterocycles. The van der Waals surface area contributed by atoms with Gasteiger partial charge in [0.1, 0.15) is 6.61 Å². The Hall–Kier alpha value is -3.27. The molecular weight excluding hydrogens is 300 g/mol. The van der Waals surface area contributed by atoms with Crippen molar-refractivity contribution in [1.29, 1.82) is 0 Å². The zero-order chi connectivity index (χ0) is 16.6. The minimum Gasteiger partial charge on any atom is -0.443 e. The summed E-state index contributed by atoms with van der Waals surface area (Å²) in [4.78, 5) is 12.6. The maximum Gasteiger partial charge on any atom is 0.433 e. The van der Waals surface area contributed by atoms with Crippen LogP contribution in [0.15, 0.2) is 91.0 Å². The van der Waals surface area contributed by atoms with Crippen LogP contribution in [0.1, 0.15) is 5.56 Å². The lowest BCUT2D eigenvalue weighted by atomic mass is 10.2. The van der Waals surface area contributed by atoms with Gasteiger partial charge in [-0.05, 0) is 29.8 Å². The van der Waals surface area contributed by atoms with Crippen molar-refractivity contribution in [3.8, 4) is 0 Å². The molecule has 0 spiro atoms. The lowest BCUT2D eigenvalue weighted by Crippen LogP contribution is -2.36. The summed E-state index contributed by atoms with van der Waals surface area (Å²) in [5, 5.41) is 1.40. The quantitative estimate of drug-likeness (QED) is 0.683. The number of ether oxygens (including phenoxy) is 1. The molecule has 3 aromatic carbocycles. The predicted molar refractivity (Wildman–Crippen MR) is 95.6 cm³/mol. The van der Waals surface area contributed by atoms with Gasteiger partial charge in [-0.2, -0.15) is 5.01 Å². The standard InChI is InChI=1S/C20H18N2O2/c23-20(24-16-17-10-4-1-5-11-17)22(19-14-8-3-9-15-19)21-18-12-6-2-7-13-18/h1-15,21H,16H2. The highest BCUT2D eigenvalue weighted by Gasteiger charge is 2.17. The number of anilines is 2. The molecule has 0 aliphatic rings. The zero-order valence-electron chi connectivity index (χ0n) is 13.1. The van der Waals surface area contributed by atoms with Crippen LogP contribution in [0.5, 0.6) is 0 Å².